The standard InChI is InChI=1S/C18H23N3O5S2/c1-13(17(22)19-12-15-4-2-10-26-15)20-18(23)14-6-8-21(9-7-14)28(24,25)16-5-3-11-27-16/h2-5,10-11,13-14H,6-9,12H2,1H3,(H,19,22)(H,20,23). The Morgan fingerprint density at radius 2 is 2.04 bits per heavy atom. The van der Waals surface area contributed by atoms with Crippen LogP contribution in [-0.2, 0) is 26.2 Å². The number of amides is 2. The van der Waals surface area contributed by atoms with Crippen LogP contribution in [0.1, 0.15) is 25.5 Å². The second-order valence-corrected chi connectivity index (χ2v) is 9.75. The Morgan fingerprint density at radius 3 is 2.64 bits per heavy atom. The quantitative estimate of drug-likeness (QED) is 0.700. The van der Waals surface area contributed by atoms with Gasteiger partial charge < -0.3 is 15.1 Å². The lowest BCUT2D eigenvalue weighted by Gasteiger charge is -2.30. The molecule has 152 valence electrons. The maximum absolute atomic E-state index is 12.5. The van der Waals surface area contributed by atoms with Crippen LogP contribution in [0.4, 0.5) is 0 Å². The number of nitrogens with zero attached hydrogens (tertiary/aromatic N) is 1. The maximum Gasteiger partial charge on any atom is 0.252 e. The van der Waals surface area contributed by atoms with E-state index in [1.165, 1.54) is 21.9 Å². The van der Waals surface area contributed by atoms with Crippen LogP contribution in [0.3, 0.4) is 0 Å². The van der Waals surface area contributed by atoms with Gasteiger partial charge in [-0.2, -0.15) is 4.31 Å². The second-order valence-electron chi connectivity index (χ2n) is 6.64. The number of rotatable bonds is 7. The van der Waals surface area contributed by atoms with Crippen LogP contribution >= 0.6 is 11.3 Å². The average molecular weight is 426 g/mol. The lowest BCUT2D eigenvalue weighted by Crippen LogP contribution is -2.49. The molecule has 0 radical (unpaired) electrons. The molecule has 1 atom stereocenters. The summed E-state index contributed by atoms with van der Waals surface area (Å²) in [6.07, 6.45) is 2.38. The van der Waals surface area contributed by atoms with Gasteiger partial charge in [0.15, 0.2) is 0 Å². The first-order valence-electron chi connectivity index (χ1n) is 9.02. The predicted molar refractivity (Wildman–Crippen MR) is 104 cm³/mol. The first-order chi connectivity index (χ1) is 13.4. The van der Waals surface area contributed by atoms with Gasteiger partial charge in [-0.05, 0) is 43.3 Å². The van der Waals surface area contributed by atoms with E-state index in [0.29, 0.717) is 22.8 Å². The molecule has 8 nitrogen and oxygen atoms in total. The molecule has 0 bridgehead atoms. The lowest BCUT2D eigenvalue weighted by molar-refractivity contribution is -0.131. The smallest absolute Gasteiger partial charge is 0.252 e. The summed E-state index contributed by atoms with van der Waals surface area (Å²) in [4.78, 5) is 24.6. The summed E-state index contributed by atoms with van der Waals surface area (Å²) in [7, 11) is -3.49. The number of piperidine rings is 1. The number of furan rings is 1. The Kier molecular flexibility index (Phi) is 6.53. The molecule has 2 N–H and O–H groups in total. The summed E-state index contributed by atoms with van der Waals surface area (Å²) in [6, 6.07) is 6.09. The molecular formula is C18H23N3O5S2. The molecule has 1 aliphatic rings. The van der Waals surface area contributed by atoms with Gasteiger partial charge in [0.1, 0.15) is 16.0 Å². The third-order valence-corrected chi connectivity index (χ3v) is 7.95. The van der Waals surface area contributed by atoms with Crippen molar-refractivity contribution in [3.63, 3.8) is 0 Å². The van der Waals surface area contributed by atoms with Gasteiger partial charge in [0, 0.05) is 19.0 Å². The van der Waals surface area contributed by atoms with Gasteiger partial charge >= 0.3 is 0 Å². The molecule has 1 unspecified atom stereocenters. The maximum atomic E-state index is 12.5. The van der Waals surface area contributed by atoms with Crippen LogP contribution in [0.5, 0.6) is 0 Å². The molecule has 28 heavy (non-hydrogen) atoms. The van der Waals surface area contributed by atoms with Gasteiger partial charge in [-0.15, -0.1) is 11.3 Å². The van der Waals surface area contributed by atoms with E-state index < -0.39 is 16.1 Å². The molecule has 0 saturated carbocycles. The van der Waals surface area contributed by atoms with Crippen LogP contribution in [0.2, 0.25) is 0 Å². The number of thiophene rings is 1. The molecule has 0 aliphatic carbocycles. The molecular weight excluding hydrogens is 402 g/mol. The van der Waals surface area contributed by atoms with Gasteiger partial charge in [0.25, 0.3) is 10.0 Å². The minimum atomic E-state index is -3.49. The predicted octanol–water partition coefficient (Wildman–Crippen LogP) is 1.56. The molecule has 10 heteroatoms. The van der Waals surface area contributed by atoms with Crippen LogP contribution in [0, 0.1) is 5.92 Å². The van der Waals surface area contributed by atoms with Gasteiger partial charge in [-0.3, -0.25) is 9.59 Å². The molecule has 3 heterocycles. The summed E-state index contributed by atoms with van der Waals surface area (Å²) >= 11 is 1.19. The van der Waals surface area contributed by atoms with Crippen molar-refractivity contribution in [1.82, 2.24) is 14.9 Å². The van der Waals surface area contributed by atoms with Crippen LogP contribution in [-0.4, -0.2) is 43.7 Å². The third-order valence-electron chi connectivity index (χ3n) is 4.68. The summed E-state index contributed by atoms with van der Waals surface area (Å²) in [5.74, 6) is -0.211. The first kappa shape index (κ1) is 20.6. The average Bonchev–Trinajstić information content (AvgIpc) is 3.40. The topological polar surface area (TPSA) is 109 Å². The highest BCUT2D eigenvalue weighted by Crippen LogP contribution is 2.26. The van der Waals surface area contributed by atoms with Gasteiger partial charge in [-0.25, -0.2) is 8.42 Å². The van der Waals surface area contributed by atoms with E-state index in [-0.39, 0.29) is 37.4 Å². The molecule has 2 aromatic heterocycles. The summed E-state index contributed by atoms with van der Waals surface area (Å²) in [5.41, 5.74) is 0. The normalized spacial score (nSPS) is 17.2. The molecule has 1 fully saturated rings. The monoisotopic (exact) mass is 425 g/mol. The summed E-state index contributed by atoms with van der Waals surface area (Å²) in [5, 5.41) is 7.14. The molecule has 0 aromatic carbocycles. The Bertz CT molecular complexity index is 886. The first-order valence-corrected chi connectivity index (χ1v) is 11.3. The Hall–Kier alpha value is -2.17. The molecule has 1 aliphatic heterocycles. The minimum Gasteiger partial charge on any atom is -0.467 e. The van der Waals surface area contributed by atoms with E-state index in [1.54, 1.807) is 36.6 Å². The van der Waals surface area contributed by atoms with Crippen molar-refractivity contribution in [2.45, 2.75) is 36.6 Å². The highest BCUT2D eigenvalue weighted by atomic mass is 32.2. The van der Waals surface area contributed by atoms with Gasteiger partial charge in [0.2, 0.25) is 11.8 Å². The Morgan fingerprint density at radius 1 is 1.29 bits per heavy atom. The fraction of sp³-hybridized carbons (Fsp3) is 0.444. The van der Waals surface area contributed by atoms with E-state index in [9.17, 15) is 18.0 Å². The van der Waals surface area contributed by atoms with E-state index in [2.05, 4.69) is 10.6 Å². The number of hydrogen-bond acceptors (Lipinski definition) is 6. The second kappa shape index (κ2) is 8.89. The van der Waals surface area contributed by atoms with Crippen LogP contribution in [0.25, 0.3) is 0 Å². The van der Waals surface area contributed by atoms with Crippen molar-refractivity contribution < 1.29 is 22.4 Å². The molecule has 1 saturated heterocycles. The highest BCUT2D eigenvalue weighted by molar-refractivity contribution is 7.91. The van der Waals surface area contributed by atoms with Crippen molar-refractivity contribution in [3.8, 4) is 0 Å². The number of carbonyl (C=O) groups is 2. The molecule has 0 spiro atoms. The van der Waals surface area contributed by atoms with Crippen molar-refractivity contribution in [2.75, 3.05) is 13.1 Å². The van der Waals surface area contributed by atoms with Crippen LogP contribution in [0.15, 0.2) is 44.5 Å². The zero-order chi connectivity index (χ0) is 20.1. The Labute approximate surface area is 168 Å². The number of nitrogens with one attached hydrogen (secondary N) is 2. The van der Waals surface area contributed by atoms with Crippen molar-refractivity contribution in [1.29, 1.82) is 0 Å². The number of carbonyl (C=O) groups excluding carboxylic acids is 2. The van der Waals surface area contributed by atoms with E-state index in [0.717, 1.165) is 0 Å². The fourth-order valence-electron chi connectivity index (χ4n) is 3.03. The van der Waals surface area contributed by atoms with E-state index in [4.69, 9.17) is 4.42 Å². The molecule has 2 amide bonds. The van der Waals surface area contributed by atoms with Gasteiger partial charge in [0.05, 0.1) is 12.8 Å². The van der Waals surface area contributed by atoms with Crippen LogP contribution < -0.4 is 10.6 Å². The van der Waals surface area contributed by atoms with Crippen molar-refractivity contribution >= 4 is 33.2 Å². The SMILES string of the molecule is CC(NC(=O)C1CCN(S(=O)(=O)c2cccs2)CC1)C(=O)NCc1ccco1. The van der Waals surface area contributed by atoms with E-state index in [1.807, 2.05) is 0 Å². The number of sulfonamides is 1. The van der Waals surface area contributed by atoms with E-state index >= 15 is 0 Å². The summed E-state index contributed by atoms with van der Waals surface area (Å²) in [6.45, 7) is 2.45. The summed E-state index contributed by atoms with van der Waals surface area (Å²) < 4.78 is 32.0. The van der Waals surface area contributed by atoms with Crippen molar-refractivity contribution in [3.05, 3.63) is 41.7 Å². The zero-order valence-electron chi connectivity index (χ0n) is 15.5. The van der Waals surface area contributed by atoms with Gasteiger partial charge in [-0.1, -0.05) is 6.07 Å². The fourth-order valence-corrected chi connectivity index (χ4v) is 5.65. The number of hydrogen-bond donors (Lipinski definition) is 2. The van der Waals surface area contributed by atoms with Crippen molar-refractivity contribution in [2.24, 2.45) is 5.92 Å². The lowest BCUT2D eigenvalue weighted by atomic mass is 9.97. The third kappa shape index (κ3) is 4.81. The minimum absolute atomic E-state index is 0.228. The largest absolute Gasteiger partial charge is 0.467 e. The highest BCUT2D eigenvalue weighted by Gasteiger charge is 2.33. The zero-order valence-corrected chi connectivity index (χ0v) is 17.1. The molecule has 3 rings (SSSR count). The Balaban J connectivity index is 1.46. The molecule has 2 aromatic rings.